The van der Waals surface area contributed by atoms with Crippen molar-refractivity contribution in [3.05, 3.63) is 35.4 Å². The van der Waals surface area contributed by atoms with E-state index in [2.05, 4.69) is 41.5 Å². The lowest BCUT2D eigenvalue weighted by molar-refractivity contribution is -0.137. The van der Waals surface area contributed by atoms with Crippen molar-refractivity contribution in [1.82, 2.24) is 10.2 Å². The average Bonchev–Trinajstić information content (AvgIpc) is 2.52. The molecular weight excluding hydrogens is 276 g/mol. The Bertz CT molecular complexity index is 573. The van der Waals surface area contributed by atoms with E-state index in [4.69, 9.17) is 0 Å². The number of carbonyl (C=O) groups excluding carboxylic acids is 2. The summed E-state index contributed by atoms with van der Waals surface area (Å²) in [6, 6.07) is 8.48. The molecule has 2 aliphatic rings. The fourth-order valence-electron chi connectivity index (χ4n) is 3.54. The summed E-state index contributed by atoms with van der Waals surface area (Å²) in [7, 11) is 2.17. The van der Waals surface area contributed by atoms with Gasteiger partial charge < -0.3 is 4.90 Å². The van der Waals surface area contributed by atoms with Crippen molar-refractivity contribution in [3.8, 4) is 0 Å². The minimum Gasteiger partial charge on any atom is -0.306 e. The number of hydrogen-bond acceptors (Lipinski definition) is 3. The first-order valence-corrected chi connectivity index (χ1v) is 8.12. The Morgan fingerprint density at radius 2 is 1.77 bits per heavy atom. The molecule has 0 spiro atoms. The summed E-state index contributed by atoms with van der Waals surface area (Å²) in [5.74, 6) is 0.293. The second kappa shape index (κ2) is 5.84. The lowest BCUT2D eigenvalue weighted by atomic mass is 9.75. The van der Waals surface area contributed by atoms with Gasteiger partial charge in [-0.1, -0.05) is 24.3 Å². The van der Waals surface area contributed by atoms with Crippen LogP contribution in [-0.4, -0.2) is 36.9 Å². The van der Waals surface area contributed by atoms with Gasteiger partial charge in [-0.15, -0.1) is 0 Å². The average molecular weight is 300 g/mol. The number of imide groups is 1. The lowest BCUT2D eigenvalue weighted by Crippen LogP contribution is -2.49. The second-order valence-electron chi connectivity index (χ2n) is 6.91. The Morgan fingerprint density at radius 3 is 2.36 bits per heavy atom. The van der Waals surface area contributed by atoms with Crippen molar-refractivity contribution in [3.63, 3.8) is 0 Å². The van der Waals surface area contributed by atoms with Crippen LogP contribution in [-0.2, 0) is 15.0 Å². The molecule has 1 aromatic rings. The van der Waals surface area contributed by atoms with Crippen LogP contribution in [0.2, 0.25) is 0 Å². The zero-order valence-corrected chi connectivity index (χ0v) is 13.4. The molecule has 2 aliphatic heterocycles. The summed E-state index contributed by atoms with van der Waals surface area (Å²) in [5.41, 5.74) is 1.79. The number of piperidine rings is 2. The number of hydrogen-bond donors (Lipinski definition) is 1. The van der Waals surface area contributed by atoms with Gasteiger partial charge in [0.25, 0.3) is 0 Å². The first-order chi connectivity index (χ1) is 10.5. The highest BCUT2D eigenvalue weighted by molar-refractivity contribution is 6.03. The predicted molar refractivity (Wildman–Crippen MR) is 85.6 cm³/mol. The van der Waals surface area contributed by atoms with Gasteiger partial charge in [-0.3, -0.25) is 14.9 Å². The van der Waals surface area contributed by atoms with Crippen molar-refractivity contribution in [2.45, 2.75) is 43.9 Å². The van der Waals surface area contributed by atoms with Crippen molar-refractivity contribution in [2.75, 3.05) is 20.1 Å². The van der Waals surface area contributed by atoms with Gasteiger partial charge in [0.2, 0.25) is 11.8 Å². The molecule has 1 atom stereocenters. The number of rotatable bonds is 2. The van der Waals surface area contributed by atoms with Crippen LogP contribution in [0.15, 0.2) is 24.3 Å². The number of likely N-dealkylation sites (tertiary alicyclic amines) is 1. The smallest absolute Gasteiger partial charge is 0.236 e. The number of nitrogens with zero attached hydrogens (tertiary/aromatic N) is 1. The highest BCUT2D eigenvalue weighted by Gasteiger charge is 2.39. The topological polar surface area (TPSA) is 49.4 Å². The van der Waals surface area contributed by atoms with E-state index < -0.39 is 5.41 Å². The number of benzene rings is 1. The molecule has 0 saturated carbocycles. The molecule has 0 bridgehead atoms. The standard InChI is InChI=1S/C18H24N2O2/c1-18(10-7-16(21)19-17(18)22)15-5-3-13(4-6-15)14-8-11-20(2)12-9-14/h3-6,14H,7-12H2,1-2H3,(H,19,21,22)/t18-/m1/s1. The summed E-state index contributed by atoms with van der Waals surface area (Å²) >= 11 is 0. The fraction of sp³-hybridized carbons (Fsp3) is 0.556. The zero-order valence-electron chi connectivity index (χ0n) is 13.4. The van der Waals surface area contributed by atoms with Gasteiger partial charge in [0.1, 0.15) is 0 Å². The van der Waals surface area contributed by atoms with E-state index in [1.165, 1.54) is 18.4 Å². The Balaban J connectivity index is 1.76. The molecule has 1 N–H and O–H groups in total. The fourth-order valence-corrected chi connectivity index (χ4v) is 3.54. The first kappa shape index (κ1) is 15.2. The molecule has 1 aromatic carbocycles. The molecule has 2 amide bonds. The van der Waals surface area contributed by atoms with Gasteiger partial charge in [-0.2, -0.15) is 0 Å². The largest absolute Gasteiger partial charge is 0.306 e. The van der Waals surface area contributed by atoms with Gasteiger partial charge in [0, 0.05) is 6.42 Å². The maximum absolute atomic E-state index is 12.2. The highest BCUT2D eigenvalue weighted by Crippen LogP contribution is 2.34. The third kappa shape index (κ3) is 2.80. The molecule has 0 unspecified atom stereocenters. The van der Waals surface area contributed by atoms with E-state index in [0.717, 1.165) is 18.7 Å². The summed E-state index contributed by atoms with van der Waals surface area (Å²) in [6.07, 6.45) is 3.40. The Kier molecular flexibility index (Phi) is 4.04. The Hall–Kier alpha value is -1.68. The second-order valence-corrected chi connectivity index (χ2v) is 6.91. The van der Waals surface area contributed by atoms with Crippen molar-refractivity contribution in [1.29, 1.82) is 0 Å². The van der Waals surface area contributed by atoms with Crippen molar-refractivity contribution in [2.24, 2.45) is 0 Å². The van der Waals surface area contributed by atoms with Gasteiger partial charge >= 0.3 is 0 Å². The summed E-state index contributed by atoms with van der Waals surface area (Å²) < 4.78 is 0. The molecule has 4 heteroatoms. The number of amides is 2. The van der Waals surface area contributed by atoms with Crippen molar-refractivity contribution < 1.29 is 9.59 Å². The molecule has 118 valence electrons. The summed E-state index contributed by atoms with van der Waals surface area (Å²) in [6.45, 7) is 4.22. The van der Waals surface area contributed by atoms with Crippen LogP contribution in [0.1, 0.15) is 49.7 Å². The molecule has 22 heavy (non-hydrogen) atoms. The molecule has 0 aliphatic carbocycles. The van der Waals surface area contributed by atoms with Gasteiger partial charge in [0.15, 0.2) is 0 Å². The van der Waals surface area contributed by atoms with Crippen LogP contribution in [0.25, 0.3) is 0 Å². The first-order valence-electron chi connectivity index (χ1n) is 8.12. The molecule has 0 aromatic heterocycles. The predicted octanol–water partition coefficient (Wildman–Crippen LogP) is 2.19. The Labute approximate surface area is 131 Å². The van der Waals surface area contributed by atoms with Crippen LogP contribution < -0.4 is 5.32 Å². The monoisotopic (exact) mass is 300 g/mol. The maximum atomic E-state index is 12.2. The summed E-state index contributed by atoms with van der Waals surface area (Å²) in [4.78, 5) is 25.9. The SMILES string of the molecule is CN1CCC(c2ccc([C@@]3(C)CCC(=O)NC3=O)cc2)CC1. The number of nitrogens with one attached hydrogen (secondary N) is 1. The zero-order chi connectivity index (χ0) is 15.7. The van der Waals surface area contributed by atoms with E-state index in [0.29, 0.717) is 18.8 Å². The van der Waals surface area contributed by atoms with E-state index in [1.807, 2.05) is 6.92 Å². The normalized spacial score (nSPS) is 27.7. The van der Waals surface area contributed by atoms with Crippen LogP contribution in [0.5, 0.6) is 0 Å². The minimum absolute atomic E-state index is 0.162. The van der Waals surface area contributed by atoms with E-state index in [9.17, 15) is 9.59 Å². The third-order valence-corrected chi connectivity index (χ3v) is 5.34. The van der Waals surface area contributed by atoms with Crippen LogP contribution in [0.4, 0.5) is 0 Å². The quantitative estimate of drug-likeness (QED) is 0.852. The maximum Gasteiger partial charge on any atom is 0.236 e. The van der Waals surface area contributed by atoms with Gasteiger partial charge in [-0.25, -0.2) is 0 Å². The van der Waals surface area contributed by atoms with E-state index in [-0.39, 0.29) is 11.8 Å². The molecule has 2 heterocycles. The van der Waals surface area contributed by atoms with E-state index >= 15 is 0 Å². The van der Waals surface area contributed by atoms with Crippen LogP contribution in [0, 0.1) is 0 Å². The molecule has 2 fully saturated rings. The third-order valence-electron chi connectivity index (χ3n) is 5.34. The van der Waals surface area contributed by atoms with Crippen molar-refractivity contribution >= 4 is 11.8 Å². The molecule has 0 radical (unpaired) electrons. The van der Waals surface area contributed by atoms with Crippen LogP contribution >= 0.6 is 0 Å². The van der Waals surface area contributed by atoms with Gasteiger partial charge in [-0.05, 0) is 63.4 Å². The summed E-state index contributed by atoms with van der Waals surface area (Å²) in [5, 5.41) is 2.47. The molecule has 4 nitrogen and oxygen atoms in total. The number of carbonyl (C=O) groups is 2. The Morgan fingerprint density at radius 1 is 1.14 bits per heavy atom. The lowest BCUT2D eigenvalue weighted by Gasteiger charge is -2.33. The molecule has 2 saturated heterocycles. The van der Waals surface area contributed by atoms with Gasteiger partial charge in [0.05, 0.1) is 5.41 Å². The van der Waals surface area contributed by atoms with E-state index in [1.54, 1.807) is 0 Å². The van der Waals surface area contributed by atoms with Crippen LogP contribution in [0.3, 0.4) is 0 Å². The molecule has 3 rings (SSSR count). The highest BCUT2D eigenvalue weighted by atomic mass is 16.2. The molecular formula is C18H24N2O2. The minimum atomic E-state index is -0.584.